The molecule has 15 heavy (non-hydrogen) atoms. The van der Waals surface area contributed by atoms with Crippen molar-refractivity contribution in [3.8, 4) is 11.3 Å². The summed E-state index contributed by atoms with van der Waals surface area (Å²) in [5, 5.41) is 0. The maximum Gasteiger partial charge on any atom is 0.0705 e. The molecule has 0 radical (unpaired) electrons. The molecule has 0 saturated carbocycles. The van der Waals surface area contributed by atoms with E-state index in [1.54, 1.807) is 0 Å². The fourth-order valence-corrected chi connectivity index (χ4v) is 1.87. The molecule has 2 aromatic rings. The van der Waals surface area contributed by atoms with Crippen LogP contribution >= 0.6 is 15.9 Å². The molecule has 0 saturated heterocycles. The average molecular weight is 262 g/mol. The predicted octanol–water partition coefficient (Wildman–Crippen LogP) is 4.13. The molecule has 1 heterocycles. The Kier molecular flexibility index (Phi) is 2.87. The van der Waals surface area contributed by atoms with Crippen LogP contribution in [0.4, 0.5) is 0 Å². The zero-order valence-electron chi connectivity index (χ0n) is 8.79. The van der Waals surface area contributed by atoms with Gasteiger partial charge >= 0.3 is 0 Å². The van der Waals surface area contributed by atoms with E-state index in [0.29, 0.717) is 0 Å². The minimum atomic E-state index is 1.01. The smallest absolute Gasteiger partial charge is 0.0705 e. The fourth-order valence-electron chi connectivity index (χ4n) is 1.64. The molecule has 1 aromatic carbocycles. The van der Waals surface area contributed by atoms with Gasteiger partial charge in [-0.25, -0.2) is 0 Å². The Morgan fingerprint density at radius 3 is 2.47 bits per heavy atom. The summed E-state index contributed by atoms with van der Waals surface area (Å²) in [5.41, 5.74) is 4.78. The highest BCUT2D eigenvalue weighted by molar-refractivity contribution is 9.10. The molecule has 0 amide bonds. The van der Waals surface area contributed by atoms with Gasteiger partial charge in [-0.15, -0.1) is 0 Å². The van der Waals surface area contributed by atoms with Gasteiger partial charge in [0.1, 0.15) is 0 Å². The Hall–Kier alpha value is -1.15. The second kappa shape index (κ2) is 4.15. The maximum absolute atomic E-state index is 4.39. The molecule has 2 rings (SSSR count). The van der Waals surface area contributed by atoms with E-state index in [1.165, 1.54) is 16.7 Å². The highest BCUT2D eigenvalue weighted by atomic mass is 79.9. The van der Waals surface area contributed by atoms with E-state index in [-0.39, 0.29) is 0 Å². The first-order chi connectivity index (χ1) is 7.16. The molecule has 0 unspecified atom stereocenters. The van der Waals surface area contributed by atoms with Crippen molar-refractivity contribution >= 4 is 15.9 Å². The summed E-state index contributed by atoms with van der Waals surface area (Å²) in [4.78, 5) is 4.39. The first-order valence-electron chi connectivity index (χ1n) is 4.86. The van der Waals surface area contributed by atoms with Crippen molar-refractivity contribution in [3.63, 3.8) is 0 Å². The lowest BCUT2D eigenvalue weighted by Crippen LogP contribution is -1.87. The second-order valence-corrected chi connectivity index (χ2v) is 4.60. The third-order valence-electron chi connectivity index (χ3n) is 2.39. The van der Waals surface area contributed by atoms with Gasteiger partial charge in [0.25, 0.3) is 0 Å². The van der Waals surface area contributed by atoms with Crippen LogP contribution in [-0.2, 0) is 0 Å². The van der Waals surface area contributed by atoms with Crippen molar-refractivity contribution in [2.75, 3.05) is 0 Å². The van der Waals surface area contributed by atoms with Crippen molar-refractivity contribution < 1.29 is 0 Å². The molecule has 2 heteroatoms. The Morgan fingerprint density at radius 2 is 1.87 bits per heavy atom. The monoisotopic (exact) mass is 261 g/mol. The molecule has 0 aliphatic heterocycles. The third kappa shape index (κ3) is 2.26. The lowest BCUT2D eigenvalue weighted by atomic mass is 10.0. The van der Waals surface area contributed by atoms with Crippen LogP contribution in [-0.4, -0.2) is 4.98 Å². The summed E-state index contributed by atoms with van der Waals surface area (Å²) < 4.78 is 1.01. The van der Waals surface area contributed by atoms with E-state index >= 15 is 0 Å². The number of nitrogens with zero attached hydrogens (tertiary/aromatic N) is 1. The quantitative estimate of drug-likeness (QED) is 0.753. The molecule has 0 spiro atoms. The van der Waals surface area contributed by atoms with Crippen LogP contribution in [0.5, 0.6) is 0 Å². The number of aromatic nitrogens is 1. The van der Waals surface area contributed by atoms with Gasteiger partial charge < -0.3 is 0 Å². The molecule has 1 nitrogen and oxygen atoms in total. The molecule has 1 aromatic heterocycles. The molecule has 0 aliphatic rings. The summed E-state index contributed by atoms with van der Waals surface area (Å²) in [6, 6.07) is 10.5. The largest absolute Gasteiger partial charge is 0.255 e. The lowest BCUT2D eigenvalue weighted by Gasteiger charge is -2.06. The number of benzene rings is 1. The van der Waals surface area contributed by atoms with Gasteiger partial charge in [0.2, 0.25) is 0 Å². The number of pyridine rings is 1. The topological polar surface area (TPSA) is 12.9 Å². The van der Waals surface area contributed by atoms with Gasteiger partial charge in [0.05, 0.1) is 5.69 Å². The zero-order chi connectivity index (χ0) is 10.8. The van der Waals surface area contributed by atoms with Crippen LogP contribution in [0.15, 0.2) is 41.0 Å². The molecule has 76 valence electrons. The Morgan fingerprint density at radius 1 is 1.07 bits per heavy atom. The van der Waals surface area contributed by atoms with Crippen LogP contribution in [0.2, 0.25) is 0 Å². The summed E-state index contributed by atoms with van der Waals surface area (Å²) in [6.07, 6.45) is 1.83. The van der Waals surface area contributed by atoms with E-state index in [0.717, 1.165) is 10.2 Å². The summed E-state index contributed by atoms with van der Waals surface area (Å²) >= 11 is 3.39. The first kappa shape index (κ1) is 10.4. The number of rotatable bonds is 1. The Balaban J connectivity index is 2.49. The molecule has 0 N–H and O–H groups in total. The van der Waals surface area contributed by atoms with Crippen molar-refractivity contribution in [2.45, 2.75) is 13.8 Å². The van der Waals surface area contributed by atoms with Crippen LogP contribution in [0.3, 0.4) is 0 Å². The molecular weight excluding hydrogens is 250 g/mol. The number of hydrogen-bond donors (Lipinski definition) is 0. The fraction of sp³-hybridized carbons (Fsp3) is 0.154. The first-order valence-corrected chi connectivity index (χ1v) is 5.65. The maximum atomic E-state index is 4.39. The summed E-state index contributed by atoms with van der Waals surface area (Å²) in [5.74, 6) is 0. The van der Waals surface area contributed by atoms with Gasteiger partial charge in [-0.05, 0) is 47.5 Å². The Bertz CT molecular complexity index is 474. The van der Waals surface area contributed by atoms with E-state index in [9.17, 15) is 0 Å². The highest BCUT2D eigenvalue weighted by Crippen LogP contribution is 2.23. The summed E-state index contributed by atoms with van der Waals surface area (Å²) in [7, 11) is 0. The molecule has 0 aliphatic carbocycles. The van der Waals surface area contributed by atoms with Crippen LogP contribution in [0, 0.1) is 13.8 Å². The normalized spacial score (nSPS) is 10.3. The standard InChI is InChI=1S/C13H12BrN/c1-9-3-5-12(10(2)7-9)13-6-4-11(14)8-15-13/h3-8H,1-2H3. The molecule has 0 fully saturated rings. The third-order valence-corrected chi connectivity index (χ3v) is 2.85. The van der Waals surface area contributed by atoms with Crippen LogP contribution < -0.4 is 0 Å². The van der Waals surface area contributed by atoms with Crippen molar-refractivity contribution in [2.24, 2.45) is 0 Å². The predicted molar refractivity (Wildman–Crippen MR) is 66.8 cm³/mol. The second-order valence-electron chi connectivity index (χ2n) is 3.68. The Labute approximate surface area is 98.3 Å². The van der Waals surface area contributed by atoms with E-state index in [4.69, 9.17) is 0 Å². The van der Waals surface area contributed by atoms with Gasteiger partial charge in [-0.1, -0.05) is 23.8 Å². The number of aryl methyl sites for hydroxylation is 2. The zero-order valence-corrected chi connectivity index (χ0v) is 10.4. The SMILES string of the molecule is Cc1ccc(-c2ccc(Br)cn2)c(C)c1. The van der Waals surface area contributed by atoms with Gasteiger partial charge in [-0.2, -0.15) is 0 Å². The van der Waals surface area contributed by atoms with Gasteiger partial charge in [0.15, 0.2) is 0 Å². The van der Waals surface area contributed by atoms with Crippen molar-refractivity contribution in [1.82, 2.24) is 4.98 Å². The highest BCUT2D eigenvalue weighted by Gasteiger charge is 2.02. The minimum Gasteiger partial charge on any atom is -0.255 e. The van der Waals surface area contributed by atoms with E-state index in [1.807, 2.05) is 18.3 Å². The number of halogens is 1. The van der Waals surface area contributed by atoms with Gasteiger partial charge in [0, 0.05) is 16.2 Å². The molecule has 0 atom stereocenters. The molecule has 0 bridgehead atoms. The molecular formula is C13H12BrN. The van der Waals surface area contributed by atoms with Crippen LogP contribution in [0.1, 0.15) is 11.1 Å². The van der Waals surface area contributed by atoms with E-state index in [2.05, 4.69) is 53.0 Å². The lowest BCUT2D eigenvalue weighted by molar-refractivity contribution is 1.28. The van der Waals surface area contributed by atoms with Crippen molar-refractivity contribution in [1.29, 1.82) is 0 Å². The number of hydrogen-bond acceptors (Lipinski definition) is 1. The van der Waals surface area contributed by atoms with Gasteiger partial charge in [-0.3, -0.25) is 4.98 Å². The average Bonchev–Trinajstić information content (AvgIpc) is 2.20. The minimum absolute atomic E-state index is 1.01. The van der Waals surface area contributed by atoms with Crippen LogP contribution in [0.25, 0.3) is 11.3 Å². The summed E-state index contributed by atoms with van der Waals surface area (Å²) in [6.45, 7) is 4.22. The van der Waals surface area contributed by atoms with E-state index < -0.39 is 0 Å². The van der Waals surface area contributed by atoms with Crippen molar-refractivity contribution in [3.05, 3.63) is 52.1 Å².